The van der Waals surface area contributed by atoms with E-state index >= 15 is 0 Å². The maximum Gasteiger partial charge on any atom is 0.191 e. The van der Waals surface area contributed by atoms with Crippen molar-refractivity contribution < 1.29 is 4.74 Å². The summed E-state index contributed by atoms with van der Waals surface area (Å²) in [7, 11) is 3.48. The fourth-order valence-corrected chi connectivity index (χ4v) is 2.97. The van der Waals surface area contributed by atoms with E-state index in [4.69, 9.17) is 4.74 Å². The predicted molar refractivity (Wildman–Crippen MR) is 94.0 cm³/mol. The summed E-state index contributed by atoms with van der Waals surface area (Å²) in [6.45, 7) is 3.77. The van der Waals surface area contributed by atoms with E-state index in [1.54, 1.807) is 25.5 Å². The van der Waals surface area contributed by atoms with Gasteiger partial charge in [0.1, 0.15) is 5.75 Å². The highest BCUT2D eigenvalue weighted by atomic mass is 32.1. The molecule has 22 heavy (non-hydrogen) atoms. The molecule has 0 atom stereocenters. The third-order valence-electron chi connectivity index (χ3n) is 3.45. The minimum absolute atomic E-state index is 0.808. The van der Waals surface area contributed by atoms with Crippen molar-refractivity contribution in [1.29, 1.82) is 0 Å². The van der Waals surface area contributed by atoms with E-state index in [-0.39, 0.29) is 0 Å². The first kappa shape index (κ1) is 16.4. The van der Waals surface area contributed by atoms with E-state index in [2.05, 4.69) is 46.1 Å². The van der Waals surface area contributed by atoms with Gasteiger partial charge in [-0.1, -0.05) is 12.1 Å². The summed E-state index contributed by atoms with van der Waals surface area (Å²) in [5.74, 6) is 1.73. The normalized spacial score (nSPS) is 11.3. The molecule has 0 saturated carbocycles. The van der Waals surface area contributed by atoms with Crippen molar-refractivity contribution in [3.63, 3.8) is 0 Å². The molecular weight excluding hydrogens is 294 g/mol. The largest absolute Gasteiger partial charge is 0.497 e. The Morgan fingerprint density at radius 1 is 1.27 bits per heavy atom. The number of hydrogen-bond acceptors (Lipinski definition) is 3. The molecule has 2 aromatic rings. The van der Waals surface area contributed by atoms with Gasteiger partial charge in [-0.25, -0.2) is 0 Å². The first-order valence-electron chi connectivity index (χ1n) is 7.33. The molecule has 0 aliphatic heterocycles. The molecule has 0 spiro atoms. The van der Waals surface area contributed by atoms with Gasteiger partial charge >= 0.3 is 0 Å². The van der Waals surface area contributed by atoms with Gasteiger partial charge in [-0.05, 0) is 48.1 Å². The van der Waals surface area contributed by atoms with Crippen molar-refractivity contribution >= 4 is 17.3 Å². The number of hydrogen-bond donors (Lipinski definition) is 2. The van der Waals surface area contributed by atoms with Crippen molar-refractivity contribution in [1.82, 2.24) is 10.6 Å². The molecule has 2 N–H and O–H groups in total. The summed E-state index contributed by atoms with van der Waals surface area (Å²) in [6, 6.07) is 10.3. The third kappa shape index (κ3) is 4.77. The first-order chi connectivity index (χ1) is 10.7. The first-order valence-corrected chi connectivity index (χ1v) is 8.21. The van der Waals surface area contributed by atoms with E-state index < -0.39 is 0 Å². The maximum absolute atomic E-state index is 5.24. The molecule has 1 aromatic heterocycles. The van der Waals surface area contributed by atoms with Crippen LogP contribution in [0, 0.1) is 6.92 Å². The number of guanidine groups is 1. The summed E-state index contributed by atoms with van der Waals surface area (Å²) < 4.78 is 5.24. The summed E-state index contributed by atoms with van der Waals surface area (Å²) in [5.41, 5.74) is 2.57. The average molecular weight is 317 g/mol. The second-order valence-corrected chi connectivity index (χ2v) is 5.98. The molecule has 118 valence electrons. The highest BCUT2D eigenvalue weighted by Crippen LogP contribution is 2.14. The van der Waals surface area contributed by atoms with E-state index in [0.717, 1.165) is 31.2 Å². The zero-order valence-electron chi connectivity index (χ0n) is 13.3. The molecule has 0 unspecified atom stereocenters. The van der Waals surface area contributed by atoms with E-state index in [9.17, 15) is 0 Å². The molecular formula is C17H23N3OS. The number of rotatable bonds is 6. The van der Waals surface area contributed by atoms with Crippen molar-refractivity contribution in [3.8, 4) is 5.75 Å². The molecule has 1 heterocycles. The Morgan fingerprint density at radius 3 is 2.82 bits per heavy atom. The lowest BCUT2D eigenvalue weighted by Crippen LogP contribution is -2.37. The third-order valence-corrected chi connectivity index (χ3v) is 4.47. The van der Waals surface area contributed by atoms with Crippen LogP contribution in [0.5, 0.6) is 5.75 Å². The van der Waals surface area contributed by atoms with Gasteiger partial charge in [0.05, 0.1) is 13.7 Å². The van der Waals surface area contributed by atoms with E-state index in [0.29, 0.717) is 0 Å². The van der Waals surface area contributed by atoms with E-state index in [1.807, 2.05) is 12.1 Å². The standard InChI is InChI=1S/C17H23N3OS/c1-13-8-10-22-16(13)12-20-17(18-2)19-9-7-14-5-4-6-15(11-14)21-3/h4-6,8,10-11H,7,9,12H2,1-3H3,(H2,18,19,20). The van der Waals surface area contributed by atoms with Crippen LogP contribution in [0.15, 0.2) is 40.7 Å². The van der Waals surface area contributed by atoms with Crippen LogP contribution in [0.2, 0.25) is 0 Å². The zero-order chi connectivity index (χ0) is 15.8. The second kappa shape index (κ2) is 8.44. The van der Waals surface area contributed by atoms with Crippen LogP contribution in [0.1, 0.15) is 16.0 Å². The molecule has 5 heteroatoms. The van der Waals surface area contributed by atoms with Gasteiger partial charge in [0.2, 0.25) is 0 Å². The Morgan fingerprint density at radius 2 is 2.14 bits per heavy atom. The van der Waals surface area contributed by atoms with Crippen molar-refractivity contribution in [3.05, 3.63) is 51.7 Å². The molecule has 0 fully saturated rings. The van der Waals surface area contributed by atoms with Crippen molar-refractivity contribution in [2.45, 2.75) is 19.9 Å². The molecule has 0 aliphatic rings. The minimum atomic E-state index is 0.808. The number of nitrogens with zero attached hydrogens (tertiary/aromatic N) is 1. The van der Waals surface area contributed by atoms with Crippen molar-refractivity contribution in [2.24, 2.45) is 4.99 Å². The summed E-state index contributed by atoms with van der Waals surface area (Å²) in [4.78, 5) is 5.60. The van der Waals surface area contributed by atoms with Gasteiger partial charge in [-0.3, -0.25) is 4.99 Å². The topological polar surface area (TPSA) is 45.7 Å². The molecule has 0 bridgehead atoms. The van der Waals surface area contributed by atoms with Gasteiger partial charge in [0, 0.05) is 18.5 Å². The van der Waals surface area contributed by atoms with Gasteiger partial charge in [0.25, 0.3) is 0 Å². The average Bonchev–Trinajstić information content (AvgIpc) is 2.96. The molecule has 0 radical (unpaired) electrons. The highest BCUT2D eigenvalue weighted by Gasteiger charge is 2.02. The quantitative estimate of drug-likeness (QED) is 0.636. The van der Waals surface area contributed by atoms with Gasteiger partial charge in [-0.2, -0.15) is 0 Å². The fraction of sp³-hybridized carbons (Fsp3) is 0.353. The summed E-state index contributed by atoms with van der Waals surface area (Å²) in [6.07, 6.45) is 0.927. The number of thiophene rings is 1. The van der Waals surface area contributed by atoms with Crippen LogP contribution < -0.4 is 15.4 Å². The number of benzene rings is 1. The van der Waals surface area contributed by atoms with Gasteiger partial charge in [-0.15, -0.1) is 11.3 Å². The Balaban J connectivity index is 1.77. The summed E-state index contributed by atoms with van der Waals surface area (Å²) >= 11 is 1.77. The number of aliphatic imine (C=N–C) groups is 1. The molecule has 1 aromatic carbocycles. The Labute approximate surface area is 136 Å². The van der Waals surface area contributed by atoms with Crippen LogP contribution in [-0.4, -0.2) is 26.7 Å². The number of ether oxygens (including phenoxy) is 1. The number of methoxy groups -OCH3 is 1. The van der Waals surface area contributed by atoms with Crippen LogP contribution in [-0.2, 0) is 13.0 Å². The maximum atomic E-state index is 5.24. The zero-order valence-corrected chi connectivity index (χ0v) is 14.2. The van der Waals surface area contributed by atoms with Gasteiger partial charge < -0.3 is 15.4 Å². The molecule has 0 amide bonds. The molecule has 4 nitrogen and oxygen atoms in total. The minimum Gasteiger partial charge on any atom is -0.497 e. The summed E-state index contributed by atoms with van der Waals surface area (Å²) in [5, 5.41) is 8.80. The molecule has 2 rings (SSSR count). The smallest absolute Gasteiger partial charge is 0.191 e. The second-order valence-electron chi connectivity index (χ2n) is 4.98. The molecule has 0 saturated heterocycles. The Kier molecular flexibility index (Phi) is 6.27. The Bertz CT molecular complexity index is 622. The lowest BCUT2D eigenvalue weighted by molar-refractivity contribution is 0.414. The van der Waals surface area contributed by atoms with E-state index in [1.165, 1.54) is 16.0 Å². The molecule has 0 aliphatic carbocycles. The van der Waals surface area contributed by atoms with Crippen LogP contribution in [0.4, 0.5) is 0 Å². The van der Waals surface area contributed by atoms with Crippen LogP contribution in [0.25, 0.3) is 0 Å². The monoisotopic (exact) mass is 317 g/mol. The van der Waals surface area contributed by atoms with Gasteiger partial charge in [0.15, 0.2) is 5.96 Å². The number of aryl methyl sites for hydroxylation is 1. The number of nitrogens with one attached hydrogen (secondary N) is 2. The highest BCUT2D eigenvalue weighted by molar-refractivity contribution is 7.10. The fourth-order valence-electron chi connectivity index (χ4n) is 2.12. The van der Waals surface area contributed by atoms with Crippen LogP contribution >= 0.6 is 11.3 Å². The van der Waals surface area contributed by atoms with Crippen LogP contribution in [0.3, 0.4) is 0 Å². The Hall–Kier alpha value is -2.01. The SMILES string of the molecule is CN=C(NCCc1cccc(OC)c1)NCc1sccc1C. The lowest BCUT2D eigenvalue weighted by Gasteiger charge is -2.12. The predicted octanol–water partition coefficient (Wildman–Crippen LogP) is 2.97. The van der Waals surface area contributed by atoms with Crippen molar-refractivity contribution in [2.75, 3.05) is 20.7 Å². The lowest BCUT2D eigenvalue weighted by atomic mass is 10.1.